The van der Waals surface area contributed by atoms with E-state index >= 15 is 0 Å². The highest BCUT2D eigenvalue weighted by atomic mass is 19.1. The van der Waals surface area contributed by atoms with Crippen LogP contribution in [0.1, 0.15) is 25.0 Å². The average Bonchev–Trinajstić information content (AvgIpc) is 2.04. The number of pyridine rings is 1. The summed E-state index contributed by atoms with van der Waals surface area (Å²) in [6.45, 7) is 1.80. The Morgan fingerprint density at radius 3 is 3.00 bits per heavy atom. The number of halogens is 1. The van der Waals surface area contributed by atoms with Gasteiger partial charge in [-0.05, 0) is 12.5 Å². The standard InChI is InChI=1S/C8H10FNO/c1-2-8(11)6-3-4-10-5-7(6)9/h3-5,8,11H,2H2,1H3. The third-order valence-corrected chi connectivity index (χ3v) is 1.55. The van der Waals surface area contributed by atoms with Crippen LogP contribution in [0.2, 0.25) is 0 Å². The molecule has 0 fully saturated rings. The Labute approximate surface area is 64.7 Å². The topological polar surface area (TPSA) is 33.1 Å². The molecule has 0 spiro atoms. The summed E-state index contributed by atoms with van der Waals surface area (Å²) in [6, 6.07) is 1.49. The molecule has 1 unspecified atom stereocenters. The number of aliphatic hydroxyl groups is 1. The zero-order valence-corrected chi connectivity index (χ0v) is 6.29. The van der Waals surface area contributed by atoms with Crippen molar-refractivity contribution in [3.63, 3.8) is 0 Å². The summed E-state index contributed by atoms with van der Waals surface area (Å²) < 4.78 is 12.8. The van der Waals surface area contributed by atoms with Gasteiger partial charge in [0.1, 0.15) is 5.82 Å². The van der Waals surface area contributed by atoms with Crippen molar-refractivity contribution in [2.75, 3.05) is 0 Å². The van der Waals surface area contributed by atoms with Gasteiger partial charge < -0.3 is 5.11 Å². The van der Waals surface area contributed by atoms with Crippen molar-refractivity contribution in [2.24, 2.45) is 0 Å². The van der Waals surface area contributed by atoms with Crippen LogP contribution in [-0.2, 0) is 0 Å². The minimum atomic E-state index is -0.710. The Hall–Kier alpha value is -0.960. The highest BCUT2D eigenvalue weighted by Crippen LogP contribution is 2.17. The summed E-state index contributed by atoms with van der Waals surface area (Å²) >= 11 is 0. The van der Waals surface area contributed by atoms with Gasteiger partial charge in [-0.15, -0.1) is 0 Å². The van der Waals surface area contributed by atoms with Crippen LogP contribution in [0.25, 0.3) is 0 Å². The summed E-state index contributed by atoms with van der Waals surface area (Å²) in [7, 11) is 0. The predicted molar refractivity (Wildman–Crippen MR) is 39.4 cm³/mol. The highest BCUT2D eigenvalue weighted by molar-refractivity contribution is 5.15. The van der Waals surface area contributed by atoms with Crippen molar-refractivity contribution < 1.29 is 9.50 Å². The molecule has 1 atom stereocenters. The number of aliphatic hydroxyl groups excluding tert-OH is 1. The second-order valence-corrected chi connectivity index (χ2v) is 2.32. The van der Waals surface area contributed by atoms with Crippen LogP contribution < -0.4 is 0 Å². The van der Waals surface area contributed by atoms with Crippen molar-refractivity contribution in [3.8, 4) is 0 Å². The van der Waals surface area contributed by atoms with E-state index in [4.69, 9.17) is 0 Å². The van der Waals surface area contributed by atoms with Crippen LogP contribution in [-0.4, -0.2) is 10.1 Å². The normalized spacial score (nSPS) is 13.0. The van der Waals surface area contributed by atoms with E-state index in [2.05, 4.69) is 4.98 Å². The minimum absolute atomic E-state index is 0.322. The molecule has 0 saturated carbocycles. The van der Waals surface area contributed by atoms with Crippen LogP contribution in [0.5, 0.6) is 0 Å². The van der Waals surface area contributed by atoms with Gasteiger partial charge in [0, 0.05) is 11.8 Å². The lowest BCUT2D eigenvalue weighted by molar-refractivity contribution is 0.168. The van der Waals surface area contributed by atoms with Gasteiger partial charge in [0.25, 0.3) is 0 Å². The summed E-state index contributed by atoms with van der Waals surface area (Å²) in [5, 5.41) is 9.24. The first-order valence-electron chi connectivity index (χ1n) is 3.53. The Morgan fingerprint density at radius 1 is 1.73 bits per heavy atom. The van der Waals surface area contributed by atoms with Gasteiger partial charge in [0.15, 0.2) is 0 Å². The van der Waals surface area contributed by atoms with E-state index in [1.807, 2.05) is 0 Å². The van der Waals surface area contributed by atoms with Gasteiger partial charge in [0.2, 0.25) is 0 Å². The fourth-order valence-corrected chi connectivity index (χ4v) is 0.876. The molecule has 0 aliphatic heterocycles. The number of hydrogen-bond acceptors (Lipinski definition) is 2. The number of aromatic nitrogens is 1. The molecule has 11 heavy (non-hydrogen) atoms. The van der Waals surface area contributed by atoms with Gasteiger partial charge in [-0.2, -0.15) is 0 Å². The molecule has 2 nitrogen and oxygen atoms in total. The zero-order chi connectivity index (χ0) is 8.27. The number of nitrogens with zero attached hydrogens (tertiary/aromatic N) is 1. The van der Waals surface area contributed by atoms with Gasteiger partial charge in [0.05, 0.1) is 12.3 Å². The summed E-state index contributed by atoms with van der Waals surface area (Å²) in [4.78, 5) is 3.58. The number of rotatable bonds is 2. The molecule has 0 saturated heterocycles. The molecular formula is C8H10FNO. The average molecular weight is 155 g/mol. The lowest BCUT2D eigenvalue weighted by atomic mass is 10.1. The first kappa shape index (κ1) is 8.14. The van der Waals surface area contributed by atoms with E-state index < -0.39 is 11.9 Å². The SMILES string of the molecule is CCC(O)c1ccncc1F. The van der Waals surface area contributed by atoms with E-state index in [1.54, 1.807) is 6.92 Å². The Kier molecular flexibility index (Phi) is 2.54. The highest BCUT2D eigenvalue weighted by Gasteiger charge is 2.08. The molecule has 0 aliphatic carbocycles. The van der Waals surface area contributed by atoms with Crippen molar-refractivity contribution >= 4 is 0 Å². The molecule has 0 aromatic carbocycles. The molecule has 1 rings (SSSR count). The molecule has 1 aromatic heterocycles. The van der Waals surface area contributed by atoms with Crippen molar-refractivity contribution in [3.05, 3.63) is 29.8 Å². The first-order chi connectivity index (χ1) is 5.25. The van der Waals surface area contributed by atoms with Gasteiger partial charge in [-0.3, -0.25) is 4.98 Å². The van der Waals surface area contributed by atoms with Crippen LogP contribution in [0, 0.1) is 5.82 Å². The molecule has 0 bridgehead atoms. The smallest absolute Gasteiger partial charge is 0.147 e. The quantitative estimate of drug-likeness (QED) is 0.704. The third-order valence-electron chi connectivity index (χ3n) is 1.55. The molecular weight excluding hydrogens is 145 g/mol. The third kappa shape index (κ3) is 1.74. The Morgan fingerprint density at radius 2 is 2.45 bits per heavy atom. The summed E-state index contributed by atoms with van der Waals surface area (Å²) in [6.07, 6.45) is 2.38. The molecule has 0 amide bonds. The lowest BCUT2D eigenvalue weighted by Gasteiger charge is -2.07. The van der Waals surface area contributed by atoms with E-state index in [-0.39, 0.29) is 0 Å². The van der Waals surface area contributed by atoms with Crippen LogP contribution in [0.15, 0.2) is 18.5 Å². The minimum Gasteiger partial charge on any atom is -0.388 e. The largest absolute Gasteiger partial charge is 0.388 e. The molecule has 3 heteroatoms. The molecule has 0 radical (unpaired) electrons. The van der Waals surface area contributed by atoms with Gasteiger partial charge in [-0.1, -0.05) is 6.92 Å². The van der Waals surface area contributed by atoms with Crippen molar-refractivity contribution in [1.82, 2.24) is 4.98 Å². The lowest BCUT2D eigenvalue weighted by Crippen LogP contribution is -1.98. The van der Waals surface area contributed by atoms with E-state index in [0.29, 0.717) is 12.0 Å². The van der Waals surface area contributed by atoms with Gasteiger partial charge >= 0.3 is 0 Å². The van der Waals surface area contributed by atoms with Crippen molar-refractivity contribution in [2.45, 2.75) is 19.4 Å². The first-order valence-corrected chi connectivity index (χ1v) is 3.53. The van der Waals surface area contributed by atoms with Gasteiger partial charge in [-0.25, -0.2) is 4.39 Å². The van der Waals surface area contributed by atoms with Crippen LogP contribution in [0.3, 0.4) is 0 Å². The zero-order valence-electron chi connectivity index (χ0n) is 6.29. The fraction of sp³-hybridized carbons (Fsp3) is 0.375. The van der Waals surface area contributed by atoms with Crippen LogP contribution in [0.4, 0.5) is 4.39 Å². The Balaban J connectivity index is 2.93. The maximum atomic E-state index is 12.8. The maximum Gasteiger partial charge on any atom is 0.147 e. The maximum absolute atomic E-state index is 12.8. The molecule has 1 aromatic rings. The van der Waals surface area contributed by atoms with Crippen LogP contribution >= 0.6 is 0 Å². The summed E-state index contributed by atoms with van der Waals surface area (Å²) in [5.41, 5.74) is 0.322. The molecule has 1 N–H and O–H groups in total. The van der Waals surface area contributed by atoms with E-state index in [0.717, 1.165) is 6.20 Å². The fourth-order valence-electron chi connectivity index (χ4n) is 0.876. The summed E-state index contributed by atoms with van der Waals surface area (Å²) in [5.74, 6) is -0.443. The molecule has 0 aliphatic rings. The van der Waals surface area contributed by atoms with Crippen molar-refractivity contribution in [1.29, 1.82) is 0 Å². The second-order valence-electron chi connectivity index (χ2n) is 2.32. The van der Waals surface area contributed by atoms with E-state index in [1.165, 1.54) is 12.3 Å². The monoisotopic (exact) mass is 155 g/mol. The molecule has 60 valence electrons. The van der Waals surface area contributed by atoms with E-state index in [9.17, 15) is 9.50 Å². The number of hydrogen-bond donors (Lipinski definition) is 1. The Bertz CT molecular complexity index is 239. The molecule has 1 heterocycles. The second kappa shape index (κ2) is 3.44. The predicted octanol–water partition coefficient (Wildman–Crippen LogP) is 1.66.